The number of oxime groups is 1. The van der Waals surface area contributed by atoms with Gasteiger partial charge in [0.15, 0.2) is 0 Å². The predicted octanol–water partition coefficient (Wildman–Crippen LogP) is 3.10. The van der Waals surface area contributed by atoms with Crippen molar-refractivity contribution >= 4 is 17.5 Å². The lowest BCUT2D eigenvalue weighted by Gasteiger charge is -2.49. The zero-order valence-electron chi connectivity index (χ0n) is 24.5. The Morgan fingerprint density at radius 3 is 2.27 bits per heavy atom. The first-order valence-electron chi connectivity index (χ1n) is 13.7. The summed E-state index contributed by atoms with van der Waals surface area (Å²) in [6, 6.07) is 0. The second-order valence-corrected chi connectivity index (χ2v) is 12.1. The molecule has 2 saturated heterocycles. The van der Waals surface area contributed by atoms with Gasteiger partial charge in [-0.25, -0.2) is 0 Å². The van der Waals surface area contributed by atoms with E-state index in [-0.39, 0.29) is 24.2 Å². The van der Waals surface area contributed by atoms with Gasteiger partial charge in [0.2, 0.25) is 0 Å². The number of rotatable bonds is 4. The van der Waals surface area contributed by atoms with Gasteiger partial charge in [-0.3, -0.25) is 9.59 Å². The van der Waals surface area contributed by atoms with Crippen molar-refractivity contribution in [1.29, 1.82) is 0 Å². The van der Waals surface area contributed by atoms with Crippen molar-refractivity contribution in [3.63, 3.8) is 0 Å². The highest BCUT2D eigenvalue weighted by molar-refractivity contribution is 6.00. The third-order valence-corrected chi connectivity index (χ3v) is 9.45. The van der Waals surface area contributed by atoms with Crippen LogP contribution >= 0.6 is 0 Å². The molecule has 3 N–H and O–H groups in total. The molecule has 0 spiro atoms. The topological polar surface area (TPSA) is 127 Å². The van der Waals surface area contributed by atoms with E-state index in [1.165, 1.54) is 13.8 Å². The van der Waals surface area contributed by atoms with Crippen molar-refractivity contribution in [3.8, 4) is 0 Å². The van der Waals surface area contributed by atoms with Crippen LogP contribution in [0.1, 0.15) is 81.6 Å². The smallest absolute Gasteiger partial charge is 0.316 e. The van der Waals surface area contributed by atoms with Crippen molar-refractivity contribution < 1.29 is 34.1 Å². The van der Waals surface area contributed by atoms with Gasteiger partial charge in [-0.1, -0.05) is 46.7 Å². The fourth-order valence-corrected chi connectivity index (χ4v) is 5.80. The number of hydrogen-bond donors (Lipinski definition) is 3. The Balaban J connectivity index is 2.64. The third kappa shape index (κ3) is 6.37. The Labute approximate surface area is 222 Å². The van der Waals surface area contributed by atoms with Gasteiger partial charge < -0.3 is 29.8 Å². The average molecular weight is 527 g/mol. The first-order chi connectivity index (χ1) is 17.0. The van der Waals surface area contributed by atoms with Gasteiger partial charge in [0.1, 0.15) is 29.5 Å². The van der Waals surface area contributed by atoms with Gasteiger partial charge in [0, 0.05) is 43.2 Å². The summed E-state index contributed by atoms with van der Waals surface area (Å²) < 4.78 is 11.8. The van der Waals surface area contributed by atoms with E-state index in [2.05, 4.69) is 10.5 Å². The zero-order valence-corrected chi connectivity index (χ0v) is 24.5. The van der Waals surface area contributed by atoms with Crippen LogP contribution in [0.5, 0.6) is 0 Å². The summed E-state index contributed by atoms with van der Waals surface area (Å²) in [5.74, 6) is -3.35. The van der Waals surface area contributed by atoms with Crippen molar-refractivity contribution in [2.45, 2.75) is 111 Å². The second-order valence-electron chi connectivity index (χ2n) is 12.1. The minimum Gasteiger partial charge on any atom is -0.459 e. The minimum absolute atomic E-state index is 0.0774. The van der Waals surface area contributed by atoms with Crippen LogP contribution < -0.4 is 5.32 Å². The maximum absolute atomic E-state index is 13.5. The molecule has 0 amide bonds. The number of nitrogens with one attached hydrogen (secondary N) is 1. The normalized spacial score (nSPS) is 43.4. The summed E-state index contributed by atoms with van der Waals surface area (Å²) in [5, 5.41) is 30.7. The molecule has 2 rings (SSSR count). The summed E-state index contributed by atoms with van der Waals surface area (Å²) in [4.78, 5) is 32.5. The highest BCUT2D eigenvalue weighted by Crippen LogP contribution is 2.46. The molecule has 0 bridgehead atoms. The van der Waals surface area contributed by atoms with Gasteiger partial charge in [-0.05, 0) is 40.2 Å². The van der Waals surface area contributed by atoms with Gasteiger partial charge in [0.05, 0.1) is 17.4 Å². The summed E-state index contributed by atoms with van der Waals surface area (Å²) in [5.41, 5.74) is -2.65. The number of cyclic esters (lactones) is 1. The molecule has 0 aromatic carbocycles. The third-order valence-electron chi connectivity index (χ3n) is 9.45. The molecular weight excluding hydrogens is 476 g/mol. The Kier molecular flexibility index (Phi) is 10.4. The number of ketones is 1. The molecule has 0 aromatic heterocycles. The molecular formula is C28H50N2O7. The Morgan fingerprint density at radius 1 is 1.14 bits per heavy atom. The van der Waals surface area contributed by atoms with Gasteiger partial charge >= 0.3 is 5.97 Å². The van der Waals surface area contributed by atoms with Crippen LogP contribution in [0.3, 0.4) is 0 Å². The van der Waals surface area contributed by atoms with Crippen LogP contribution in [-0.4, -0.2) is 77.4 Å². The van der Waals surface area contributed by atoms with E-state index < -0.39 is 52.5 Å². The largest absolute Gasteiger partial charge is 0.459 e. The number of carbonyl (C=O) groups excluding carboxylic acids is 2. The lowest BCUT2D eigenvalue weighted by atomic mass is 9.62. The van der Waals surface area contributed by atoms with E-state index in [0.29, 0.717) is 18.7 Å². The molecule has 0 unspecified atom stereocenters. The molecule has 9 heteroatoms. The molecule has 0 saturated carbocycles. The highest BCUT2D eigenvalue weighted by atomic mass is 16.6. The molecule has 2 heterocycles. The lowest BCUT2D eigenvalue weighted by Crippen LogP contribution is -2.57. The summed E-state index contributed by atoms with van der Waals surface area (Å²) in [6.45, 7) is 17.8. The number of methoxy groups -OCH3 is 1. The minimum atomic E-state index is -1.79. The van der Waals surface area contributed by atoms with Crippen LogP contribution in [0.4, 0.5) is 0 Å². The molecule has 9 atom stereocenters. The summed E-state index contributed by atoms with van der Waals surface area (Å²) >= 11 is 0. The first-order valence-corrected chi connectivity index (χ1v) is 13.7. The number of Topliss-reactive ketones (excluding diaryl/α,β-unsaturated/α-hetero) is 1. The van der Waals surface area contributed by atoms with Crippen molar-refractivity contribution in [2.75, 3.05) is 20.2 Å². The fourth-order valence-electron chi connectivity index (χ4n) is 5.80. The lowest BCUT2D eigenvalue weighted by molar-refractivity contribution is -0.188. The van der Waals surface area contributed by atoms with Crippen LogP contribution in [0, 0.1) is 29.1 Å². The Hall–Kier alpha value is -1.55. The average Bonchev–Trinajstić information content (AvgIpc) is 3.37. The maximum Gasteiger partial charge on any atom is 0.316 e. The summed E-state index contributed by atoms with van der Waals surface area (Å²) in [7, 11) is 1.62. The number of hydrogen-bond acceptors (Lipinski definition) is 9. The molecule has 214 valence electrons. The SMILES string of the molecule is CC[C@H]1OC(=O)[C@H](C)C(=O)[C@H](C)C(C)(C)[C@](C)(OC)C[C@@H](C)/C(=N\O[C@@H]2CCNC2)[C@H](C)[C@@H](O)[C@]1(C)O. The number of nitrogens with zero attached hydrogens (tertiary/aromatic N) is 1. The molecule has 2 fully saturated rings. The van der Waals surface area contributed by atoms with E-state index in [4.69, 9.17) is 14.3 Å². The molecule has 0 aliphatic carbocycles. The number of esters is 1. The van der Waals surface area contributed by atoms with Crippen LogP contribution in [0.15, 0.2) is 5.16 Å². The first kappa shape index (κ1) is 31.7. The molecule has 2 aliphatic rings. The van der Waals surface area contributed by atoms with Gasteiger partial charge in [0.25, 0.3) is 0 Å². The predicted molar refractivity (Wildman–Crippen MR) is 142 cm³/mol. The Morgan fingerprint density at radius 2 is 1.76 bits per heavy atom. The quantitative estimate of drug-likeness (QED) is 0.290. The van der Waals surface area contributed by atoms with E-state index in [9.17, 15) is 19.8 Å². The van der Waals surface area contributed by atoms with Gasteiger partial charge in [-0.2, -0.15) is 0 Å². The number of aliphatic hydroxyl groups excluding tert-OH is 1. The molecule has 9 nitrogen and oxygen atoms in total. The molecule has 2 aliphatic heterocycles. The number of ether oxygens (including phenoxy) is 2. The van der Waals surface area contributed by atoms with E-state index in [1.807, 2.05) is 34.6 Å². The molecule has 0 aromatic rings. The number of aliphatic hydroxyl groups is 2. The fraction of sp³-hybridized carbons (Fsp3) is 0.893. The number of carbonyl (C=O) groups is 2. The Bertz CT molecular complexity index is 836. The monoisotopic (exact) mass is 526 g/mol. The molecule has 0 radical (unpaired) electrons. The van der Waals surface area contributed by atoms with Crippen molar-refractivity contribution in [3.05, 3.63) is 0 Å². The van der Waals surface area contributed by atoms with Gasteiger partial charge in [-0.15, -0.1) is 0 Å². The van der Waals surface area contributed by atoms with Crippen molar-refractivity contribution in [1.82, 2.24) is 5.32 Å². The second kappa shape index (κ2) is 12.1. The summed E-state index contributed by atoms with van der Waals surface area (Å²) in [6.07, 6.45) is -0.834. The van der Waals surface area contributed by atoms with Crippen molar-refractivity contribution in [2.24, 2.45) is 34.2 Å². The molecule has 37 heavy (non-hydrogen) atoms. The van der Waals surface area contributed by atoms with E-state index in [0.717, 1.165) is 13.0 Å². The maximum atomic E-state index is 13.5. The zero-order chi connectivity index (χ0) is 28.3. The highest BCUT2D eigenvalue weighted by Gasteiger charge is 2.52. The van der Waals surface area contributed by atoms with Crippen LogP contribution in [-0.2, 0) is 23.9 Å². The van der Waals surface area contributed by atoms with Crippen LogP contribution in [0.2, 0.25) is 0 Å². The van der Waals surface area contributed by atoms with E-state index in [1.54, 1.807) is 21.0 Å². The standard InChI is InChI=1S/C28H50N2O7/c1-11-21-28(9,34)24(32)17(3)22(30-37-20-12-13-29-15-20)16(2)14-27(8,35-10)26(6,7)19(5)23(31)18(4)25(33)36-21/h16-21,24,29,32,34H,11-15H2,1-10H3/b30-22+/t16-,17+,18-,19+,20-,21-,24-,27-,28-/m1/s1. The van der Waals surface area contributed by atoms with E-state index >= 15 is 0 Å². The van der Waals surface area contributed by atoms with Crippen LogP contribution in [0.25, 0.3) is 0 Å².